The van der Waals surface area contributed by atoms with E-state index in [2.05, 4.69) is 20.1 Å². The number of morpholine rings is 1. The zero-order valence-electron chi connectivity index (χ0n) is 15.0. The second-order valence-electron chi connectivity index (χ2n) is 6.17. The molecule has 0 aliphatic carbocycles. The quantitative estimate of drug-likeness (QED) is 0.461. The highest BCUT2D eigenvalue weighted by atomic mass is 32.2. The third kappa shape index (κ3) is 4.19. The van der Waals surface area contributed by atoms with E-state index in [0.29, 0.717) is 29.9 Å². The van der Waals surface area contributed by atoms with Crippen LogP contribution >= 0.6 is 11.8 Å². The van der Waals surface area contributed by atoms with E-state index in [9.17, 15) is 10.1 Å². The number of pyridine rings is 1. The van der Waals surface area contributed by atoms with Gasteiger partial charge in [-0.25, -0.2) is 4.98 Å². The Morgan fingerprint density at radius 3 is 2.57 bits per heavy atom. The minimum Gasteiger partial charge on any atom is -0.379 e. The number of para-hydroxylation sites is 1. The first-order valence-electron chi connectivity index (χ1n) is 8.79. The molecule has 9 nitrogen and oxygen atoms in total. The second-order valence-corrected chi connectivity index (χ2v) is 7.16. The molecule has 0 bridgehead atoms. The van der Waals surface area contributed by atoms with Crippen molar-refractivity contribution in [2.24, 2.45) is 0 Å². The van der Waals surface area contributed by atoms with E-state index in [1.54, 1.807) is 6.07 Å². The third-order valence-corrected chi connectivity index (χ3v) is 5.21. The number of aromatic nitrogens is 4. The molecule has 0 radical (unpaired) electrons. The van der Waals surface area contributed by atoms with E-state index in [1.165, 1.54) is 24.0 Å². The van der Waals surface area contributed by atoms with Crippen LogP contribution in [0.5, 0.6) is 0 Å². The molecular formula is C18H18N6O3S. The summed E-state index contributed by atoms with van der Waals surface area (Å²) in [4.78, 5) is 16.8. The summed E-state index contributed by atoms with van der Waals surface area (Å²) in [6.07, 6.45) is 1.25. The average molecular weight is 398 g/mol. The highest BCUT2D eigenvalue weighted by Gasteiger charge is 2.20. The van der Waals surface area contributed by atoms with Crippen LogP contribution in [0.2, 0.25) is 0 Å². The molecule has 1 saturated heterocycles. The summed E-state index contributed by atoms with van der Waals surface area (Å²) < 4.78 is 7.42. The lowest BCUT2D eigenvalue weighted by Gasteiger charge is -2.26. The second kappa shape index (κ2) is 8.46. The average Bonchev–Trinajstić information content (AvgIpc) is 3.11. The van der Waals surface area contributed by atoms with Crippen LogP contribution in [0.3, 0.4) is 0 Å². The number of hydrogen-bond donors (Lipinski definition) is 0. The maximum Gasteiger partial charge on any atom is 0.287 e. The summed E-state index contributed by atoms with van der Waals surface area (Å²) in [5, 5.41) is 20.9. The summed E-state index contributed by atoms with van der Waals surface area (Å²) in [6.45, 7) is 3.81. The SMILES string of the molecule is O=[N+]([O-])c1ccc(Sc2nnc(CN3CCOCC3)n2-c2ccccc2)nc1. The molecule has 1 aliphatic heterocycles. The van der Waals surface area contributed by atoms with Gasteiger partial charge in [0.25, 0.3) is 5.69 Å². The maximum absolute atomic E-state index is 10.8. The molecule has 4 rings (SSSR count). The predicted molar refractivity (Wildman–Crippen MR) is 102 cm³/mol. The van der Waals surface area contributed by atoms with E-state index in [0.717, 1.165) is 24.6 Å². The normalized spacial score (nSPS) is 14.9. The zero-order chi connectivity index (χ0) is 19.3. The highest BCUT2D eigenvalue weighted by Crippen LogP contribution is 2.29. The molecule has 0 atom stereocenters. The van der Waals surface area contributed by atoms with Crippen molar-refractivity contribution in [3.63, 3.8) is 0 Å². The van der Waals surface area contributed by atoms with E-state index < -0.39 is 4.92 Å². The number of benzene rings is 1. The molecule has 0 unspecified atom stereocenters. The molecule has 10 heteroatoms. The molecule has 0 spiro atoms. The van der Waals surface area contributed by atoms with Gasteiger partial charge in [-0.1, -0.05) is 18.2 Å². The van der Waals surface area contributed by atoms with Crippen LogP contribution in [-0.4, -0.2) is 55.9 Å². The Kier molecular flexibility index (Phi) is 5.60. The van der Waals surface area contributed by atoms with Crippen LogP contribution in [0.15, 0.2) is 58.8 Å². The molecule has 1 aliphatic rings. The summed E-state index contributed by atoms with van der Waals surface area (Å²) >= 11 is 1.32. The molecule has 1 aromatic carbocycles. The summed E-state index contributed by atoms with van der Waals surface area (Å²) in [6, 6.07) is 12.9. The Hall–Kier alpha value is -2.82. The molecule has 144 valence electrons. The largest absolute Gasteiger partial charge is 0.379 e. The van der Waals surface area contributed by atoms with Gasteiger partial charge < -0.3 is 4.74 Å². The number of rotatable bonds is 6. The monoisotopic (exact) mass is 398 g/mol. The van der Waals surface area contributed by atoms with Gasteiger partial charge in [0, 0.05) is 24.8 Å². The Morgan fingerprint density at radius 1 is 1.11 bits per heavy atom. The molecule has 0 amide bonds. The molecule has 2 aromatic heterocycles. The fourth-order valence-corrected chi connectivity index (χ4v) is 3.71. The maximum atomic E-state index is 10.8. The molecule has 3 heterocycles. The van der Waals surface area contributed by atoms with E-state index in [1.807, 2.05) is 34.9 Å². The van der Waals surface area contributed by atoms with Gasteiger partial charge in [0.05, 0.1) is 24.7 Å². The minimum absolute atomic E-state index is 0.0399. The van der Waals surface area contributed by atoms with Crippen LogP contribution in [0.4, 0.5) is 5.69 Å². The fraction of sp³-hybridized carbons (Fsp3) is 0.278. The van der Waals surface area contributed by atoms with Crippen molar-refractivity contribution in [3.05, 3.63) is 64.6 Å². The zero-order valence-corrected chi connectivity index (χ0v) is 15.8. The van der Waals surface area contributed by atoms with Crippen molar-refractivity contribution in [1.29, 1.82) is 0 Å². The van der Waals surface area contributed by atoms with E-state index in [-0.39, 0.29) is 5.69 Å². The van der Waals surface area contributed by atoms with Gasteiger partial charge in [0.15, 0.2) is 5.82 Å². The first kappa shape index (κ1) is 18.5. The third-order valence-electron chi connectivity index (χ3n) is 4.31. The van der Waals surface area contributed by atoms with E-state index >= 15 is 0 Å². The molecule has 0 N–H and O–H groups in total. The topological polar surface area (TPSA) is 99.2 Å². The van der Waals surface area contributed by atoms with Gasteiger partial charge in [-0.15, -0.1) is 10.2 Å². The fourth-order valence-electron chi connectivity index (χ4n) is 2.90. The van der Waals surface area contributed by atoms with Crippen molar-refractivity contribution >= 4 is 17.4 Å². The van der Waals surface area contributed by atoms with Gasteiger partial charge >= 0.3 is 0 Å². The first-order valence-corrected chi connectivity index (χ1v) is 9.60. The van der Waals surface area contributed by atoms with Crippen LogP contribution in [-0.2, 0) is 11.3 Å². The van der Waals surface area contributed by atoms with Crippen molar-refractivity contribution in [3.8, 4) is 5.69 Å². The number of hydrogen-bond acceptors (Lipinski definition) is 8. The molecular weight excluding hydrogens is 380 g/mol. The molecule has 28 heavy (non-hydrogen) atoms. The van der Waals surface area contributed by atoms with Gasteiger partial charge in [-0.2, -0.15) is 0 Å². The Balaban J connectivity index is 1.63. The predicted octanol–water partition coefficient (Wildman–Crippen LogP) is 2.55. The van der Waals surface area contributed by atoms with Crippen LogP contribution < -0.4 is 0 Å². The molecule has 0 saturated carbocycles. The first-order chi connectivity index (χ1) is 13.7. The lowest BCUT2D eigenvalue weighted by atomic mass is 10.3. The van der Waals surface area contributed by atoms with Crippen molar-refractivity contribution < 1.29 is 9.66 Å². The van der Waals surface area contributed by atoms with Gasteiger partial charge in [0.2, 0.25) is 5.16 Å². The Bertz CT molecular complexity index is 942. The lowest BCUT2D eigenvalue weighted by molar-refractivity contribution is -0.385. The standard InChI is InChI=1S/C18H18N6O3S/c25-24(26)15-6-7-17(19-12-15)28-18-21-20-16(13-22-8-10-27-11-9-22)23(18)14-4-2-1-3-5-14/h1-7,12H,8-11,13H2. The van der Waals surface area contributed by atoms with E-state index in [4.69, 9.17) is 4.74 Å². The molecule has 3 aromatic rings. The molecule has 1 fully saturated rings. The highest BCUT2D eigenvalue weighted by molar-refractivity contribution is 7.99. The van der Waals surface area contributed by atoms with Crippen LogP contribution in [0, 0.1) is 10.1 Å². The Morgan fingerprint density at radius 2 is 1.89 bits per heavy atom. The van der Waals surface area contributed by atoms with Crippen molar-refractivity contribution in [2.75, 3.05) is 26.3 Å². The van der Waals surface area contributed by atoms with Gasteiger partial charge in [-0.3, -0.25) is 19.6 Å². The van der Waals surface area contributed by atoms with Gasteiger partial charge in [-0.05, 0) is 30.0 Å². The summed E-state index contributed by atoms with van der Waals surface area (Å²) in [7, 11) is 0. The Labute approximate surface area is 165 Å². The summed E-state index contributed by atoms with van der Waals surface area (Å²) in [5.74, 6) is 0.831. The van der Waals surface area contributed by atoms with Gasteiger partial charge in [0.1, 0.15) is 11.2 Å². The van der Waals surface area contributed by atoms with Crippen LogP contribution in [0.1, 0.15) is 5.82 Å². The van der Waals surface area contributed by atoms with Crippen molar-refractivity contribution in [2.45, 2.75) is 16.7 Å². The van der Waals surface area contributed by atoms with Crippen LogP contribution in [0.25, 0.3) is 5.69 Å². The van der Waals surface area contributed by atoms with Crippen molar-refractivity contribution in [1.82, 2.24) is 24.6 Å². The number of nitro groups is 1. The lowest BCUT2D eigenvalue weighted by Crippen LogP contribution is -2.36. The smallest absolute Gasteiger partial charge is 0.287 e. The minimum atomic E-state index is -0.464. The number of ether oxygens (including phenoxy) is 1. The summed E-state index contributed by atoms with van der Waals surface area (Å²) in [5.41, 5.74) is 0.919. The number of nitrogens with zero attached hydrogens (tertiary/aromatic N) is 6.